The van der Waals surface area contributed by atoms with Gasteiger partial charge in [0.25, 0.3) is 0 Å². The van der Waals surface area contributed by atoms with Crippen molar-refractivity contribution < 1.29 is 14.3 Å². The van der Waals surface area contributed by atoms with Crippen LogP contribution in [0.3, 0.4) is 0 Å². The van der Waals surface area contributed by atoms with Gasteiger partial charge in [-0.15, -0.1) is 0 Å². The van der Waals surface area contributed by atoms with Crippen LogP contribution in [0.25, 0.3) is 11.0 Å². The predicted molar refractivity (Wildman–Crippen MR) is 48.0 cm³/mol. The van der Waals surface area contributed by atoms with E-state index in [4.69, 9.17) is 4.42 Å². The molecule has 0 bridgehead atoms. The number of hydrogen-bond donors (Lipinski definition) is 1. The topological polar surface area (TPSA) is 50.4 Å². The molecule has 0 unspecified atom stereocenters. The molecule has 1 heterocycles. The van der Waals surface area contributed by atoms with Crippen molar-refractivity contribution in [2.24, 2.45) is 0 Å². The van der Waals surface area contributed by atoms with E-state index in [1.165, 1.54) is 6.07 Å². The van der Waals surface area contributed by atoms with Gasteiger partial charge in [0.2, 0.25) is 0 Å². The van der Waals surface area contributed by atoms with Gasteiger partial charge in [-0.05, 0) is 25.1 Å². The molecule has 0 amide bonds. The first-order chi connectivity index (χ1) is 6.22. The molecule has 0 saturated carbocycles. The second-order valence-corrected chi connectivity index (χ2v) is 2.89. The Morgan fingerprint density at radius 3 is 2.92 bits per heavy atom. The van der Waals surface area contributed by atoms with Crippen molar-refractivity contribution in [3.05, 3.63) is 29.5 Å². The summed E-state index contributed by atoms with van der Waals surface area (Å²) in [5, 5.41) is 10.1. The summed E-state index contributed by atoms with van der Waals surface area (Å²) in [6.07, 6.45) is 0.747. The number of furan rings is 1. The third kappa shape index (κ3) is 1.09. The lowest BCUT2D eigenvalue weighted by atomic mass is 10.1. The molecule has 0 saturated heterocycles. The van der Waals surface area contributed by atoms with Gasteiger partial charge in [-0.2, -0.15) is 0 Å². The van der Waals surface area contributed by atoms with Crippen LogP contribution >= 0.6 is 0 Å². The number of phenols is 1. The van der Waals surface area contributed by atoms with Crippen LogP contribution in [0.2, 0.25) is 0 Å². The van der Waals surface area contributed by atoms with Crippen LogP contribution < -0.4 is 0 Å². The minimum atomic E-state index is 0.0636. The molecule has 0 spiro atoms. The van der Waals surface area contributed by atoms with Gasteiger partial charge in [0.15, 0.2) is 17.6 Å². The Kier molecular flexibility index (Phi) is 1.59. The zero-order valence-corrected chi connectivity index (χ0v) is 7.07. The van der Waals surface area contributed by atoms with E-state index in [-0.39, 0.29) is 5.75 Å². The molecule has 3 heteroatoms. The SMILES string of the molecule is Cc1cc2c(C=O)ccc(O)c2o1. The monoisotopic (exact) mass is 176 g/mol. The van der Waals surface area contributed by atoms with Gasteiger partial charge in [-0.1, -0.05) is 0 Å². The summed E-state index contributed by atoms with van der Waals surface area (Å²) in [4.78, 5) is 10.6. The third-order valence-corrected chi connectivity index (χ3v) is 1.95. The van der Waals surface area contributed by atoms with Gasteiger partial charge in [-0.3, -0.25) is 4.79 Å². The molecular formula is C10H8O3. The quantitative estimate of drug-likeness (QED) is 0.678. The Balaban J connectivity index is 2.91. The highest BCUT2D eigenvalue weighted by atomic mass is 16.4. The van der Waals surface area contributed by atoms with Gasteiger partial charge in [0, 0.05) is 10.9 Å². The maximum absolute atomic E-state index is 10.6. The first-order valence-electron chi connectivity index (χ1n) is 3.89. The third-order valence-electron chi connectivity index (χ3n) is 1.95. The molecule has 66 valence electrons. The Labute approximate surface area is 74.6 Å². The van der Waals surface area contributed by atoms with Crippen LogP contribution in [0, 0.1) is 6.92 Å². The second kappa shape index (κ2) is 2.62. The fraction of sp³-hybridized carbons (Fsp3) is 0.100. The minimum Gasteiger partial charge on any atom is -0.504 e. The number of aryl methyl sites for hydroxylation is 1. The van der Waals surface area contributed by atoms with Crippen molar-refractivity contribution in [1.29, 1.82) is 0 Å². The van der Waals surface area contributed by atoms with Crippen molar-refractivity contribution in [3.8, 4) is 5.75 Å². The predicted octanol–water partition coefficient (Wildman–Crippen LogP) is 2.26. The minimum absolute atomic E-state index is 0.0636. The number of benzene rings is 1. The Hall–Kier alpha value is -1.77. The molecule has 2 aromatic rings. The summed E-state index contributed by atoms with van der Waals surface area (Å²) in [5.41, 5.74) is 0.909. The summed E-state index contributed by atoms with van der Waals surface area (Å²) in [5.74, 6) is 0.744. The molecule has 13 heavy (non-hydrogen) atoms. The standard InChI is InChI=1S/C10H8O3/c1-6-4-8-7(5-11)2-3-9(12)10(8)13-6/h2-5,12H,1H3. The van der Waals surface area contributed by atoms with E-state index in [9.17, 15) is 9.90 Å². The molecule has 0 atom stereocenters. The van der Waals surface area contributed by atoms with Crippen LogP contribution in [-0.2, 0) is 0 Å². The average molecular weight is 176 g/mol. The summed E-state index contributed by atoms with van der Waals surface area (Å²) < 4.78 is 5.23. The van der Waals surface area contributed by atoms with Crippen molar-refractivity contribution in [2.45, 2.75) is 6.92 Å². The van der Waals surface area contributed by atoms with Gasteiger partial charge >= 0.3 is 0 Å². The van der Waals surface area contributed by atoms with E-state index in [1.807, 2.05) is 0 Å². The summed E-state index contributed by atoms with van der Waals surface area (Å²) in [6, 6.07) is 4.76. The van der Waals surface area contributed by atoms with Crippen LogP contribution in [0.1, 0.15) is 16.1 Å². The maximum atomic E-state index is 10.6. The largest absolute Gasteiger partial charge is 0.504 e. The fourth-order valence-electron chi connectivity index (χ4n) is 1.36. The van der Waals surface area contributed by atoms with Crippen molar-refractivity contribution in [3.63, 3.8) is 0 Å². The van der Waals surface area contributed by atoms with Crippen LogP contribution in [-0.4, -0.2) is 11.4 Å². The molecule has 0 aliphatic rings. The van der Waals surface area contributed by atoms with Gasteiger partial charge in [0.05, 0.1) is 0 Å². The van der Waals surface area contributed by atoms with E-state index in [0.717, 1.165) is 6.29 Å². The summed E-state index contributed by atoms with van der Waals surface area (Å²) in [6.45, 7) is 1.77. The number of aldehydes is 1. The lowest BCUT2D eigenvalue weighted by molar-refractivity contribution is 0.112. The second-order valence-electron chi connectivity index (χ2n) is 2.89. The smallest absolute Gasteiger partial charge is 0.176 e. The lowest BCUT2D eigenvalue weighted by Crippen LogP contribution is -1.79. The first kappa shape index (κ1) is 7.86. The van der Waals surface area contributed by atoms with Crippen LogP contribution in [0.15, 0.2) is 22.6 Å². The zero-order chi connectivity index (χ0) is 9.42. The molecule has 0 radical (unpaired) electrons. The molecule has 0 aliphatic heterocycles. The van der Waals surface area contributed by atoms with Crippen molar-refractivity contribution in [1.82, 2.24) is 0 Å². The first-order valence-corrected chi connectivity index (χ1v) is 3.89. The maximum Gasteiger partial charge on any atom is 0.176 e. The molecule has 1 N–H and O–H groups in total. The average Bonchev–Trinajstić information content (AvgIpc) is 2.48. The van der Waals surface area contributed by atoms with Gasteiger partial charge < -0.3 is 9.52 Å². The Morgan fingerprint density at radius 2 is 2.23 bits per heavy atom. The number of fused-ring (bicyclic) bond motifs is 1. The number of carbonyl (C=O) groups is 1. The molecule has 3 nitrogen and oxygen atoms in total. The lowest BCUT2D eigenvalue weighted by Gasteiger charge is -1.94. The number of phenolic OH excluding ortho intramolecular Hbond substituents is 1. The highest BCUT2D eigenvalue weighted by molar-refractivity contribution is 5.98. The summed E-state index contributed by atoms with van der Waals surface area (Å²) >= 11 is 0. The molecule has 2 rings (SSSR count). The molecule has 1 aromatic heterocycles. The van der Waals surface area contributed by atoms with Crippen LogP contribution in [0.4, 0.5) is 0 Å². The van der Waals surface area contributed by atoms with E-state index in [0.29, 0.717) is 22.3 Å². The van der Waals surface area contributed by atoms with Gasteiger partial charge in [-0.25, -0.2) is 0 Å². The number of rotatable bonds is 1. The molecule has 0 fully saturated rings. The van der Waals surface area contributed by atoms with Gasteiger partial charge in [0.1, 0.15) is 5.76 Å². The molecular weight excluding hydrogens is 168 g/mol. The number of hydrogen-bond acceptors (Lipinski definition) is 3. The van der Waals surface area contributed by atoms with Crippen molar-refractivity contribution >= 4 is 17.3 Å². The Morgan fingerprint density at radius 1 is 1.46 bits per heavy atom. The number of carbonyl (C=O) groups excluding carboxylic acids is 1. The normalized spacial score (nSPS) is 10.5. The van der Waals surface area contributed by atoms with E-state index in [1.54, 1.807) is 19.1 Å². The van der Waals surface area contributed by atoms with E-state index >= 15 is 0 Å². The van der Waals surface area contributed by atoms with E-state index < -0.39 is 0 Å². The molecule has 0 aliphatic carbocycles. The fourth-order valence-corrected chi connectivity index (χ4v) is 1.36. The molecule has 1 aromatic carbocycles. The number of aromatic hydroxyl groups is 1. The zero-order valence-electron chi connectivity index (χ0n) is 7.07. The van der Waals surface area contributed by atoms with E-state index in [2.05, 4.69) is 0 Å². The van der Waals surface area contributed by atoms with Crippen molar-refractivity contribution in [2.75, 3.05) is 0 Å². The van der Waals surface area contributed by atoms with Crippen LogP contribution in [0.5, 0.6) is 5.75 Å². The Bertz CT molecular complexity index is 468. The highest BCUT2D eigenvalue weighted by Gasteiger charge is 2.08. The summed E-state index contributed by atoms with van der Waals surface area (Å²) in [7, 11) is 0. The highest BCUT2D eigenvalue weighted by Crippen LogP contribution is 2.29.